The Labute approximate surface area is 119 Å². The minimum Gasteiger partial charge on any atom is -0.493 e. The third kappa shape index (κ3) is 2.45. The highest BCUT2D eigenvalue weighted by Crippen LogP contribution is 2.39. The van der Waals surface area contributed by atoms with Crippen molar-refractivity contribution >= 4 is 12.2 Å². The molecular weight excluding hydrogens is 281 g/mol. The topological polar surface area (TPSA) is 91.8 Å². The van der Waals surface area contributed by atoms with Gasteiger partial charge in [0, 0.05) is 0 Å². The van der Waals surface area contributed by atoms with E-state index in [2.05, 4.69) is 0 Å². The molecule has 6 nitrogen and oxygen atoms in total. The summed E-state index contributed by atoms with van der Waals surface area (Å²) in [6.07, 6.45) is 0.464. The highest BCUT2D eigenvalue weighted by Gasteiger charge is 2.25. The molecule has 110 valence electrons. The minimum atomic E-state index is -0.867. The number of furan rings is 1. The number of primary amides is 1. The lowest BCUT2D eigenvalue weighted by Gasteiger charge is -2.13. The second-order valence-electron chi connectivity index (χ2n) is 4.03. The van der Waals surface area contributed by atoms with Gasteiger partial charge in [-0.1, -0.05) is 0 Å². The first-order chi connectivity index (χ1) is 10.0. The van der Waals surface area contributed by atoms with Crippen molar-refractivity contribution in [3.63, 3.8) is 0 Å². The first-order valence-corrected chi connectivity index (χ1v) is 5.83. The van der Waals surface area contributed by atoms with E-state index in [0.29, 0.717) is 6.29 Å². The van der Waals surface area contributed by atoms with E-state index >= 15 is 0 Å². The molecule has 0 fully saturated rings. The average Bonchev–Trinajstić information content (AvgIpc) is 2.94. The number of rotatable bonds is 5. The van der Waals surface area contributed by atoms with E-state index in [9.17, 15) is 14.0 Å². The van der Waals surface area contributed by atoms with E-state index in [1.807, 2.05) is 0 Å². The lowest BCUT2D eigenvalue weighted by Crippen LogP contribution is -2.14. The Morgan fingerprint density at radius 1 is 1.33 bits per heavy atom. The molecule has 1 heterocycles. The van der Waals surface area contributed by atoms with Crippen LogP contribution in [0.5, 0.6) is 11.5 Å². The van der Waals surface area contributed by atoms with E-state index < -0.39 is 11.7 Å². The van der Waals surface area contributed by atoms with Crippen LogP contribution in [-0.4, -0.2) is 26.4 Å². The van der Waals surface area contributed by atoms with Gasteiger partial charge in [-0.05, 0) is 18.2 Å². The fraction of sp³-hybridized carbons (Fsp3) is 0.143. The average molecular weight is 293 g/mol. The summed E-state index contributed by atoms with van der Waals surface area (Å²) < 4.78 is 29.6. The molecule has 0 spiro atoms. The zero-order valence-corrected chi connectivity index (χ0v) is 11.3. The standard InChI is InChI=1S/C14H12FNO5/c1-19-10-5-8(14(16)18)11(12(15)13(10)20-2)9-4-3-7(6-17)21-9/h3-6H,1-2H3,(H2,16,18). The molecule has 0 saturated heterocycles. The molecule has 0 aliphatic carbocycles. The third-order valence-corrected chi connectivity index (χ3v) is 2.87. The number of methoxy groups -OCH3 is 2. The number of benzene rings is 1. The maximum absolute atomic E-state index is 14.6. The minimum absolute atomic E-state index is 0.00500. The molecule has 0 atom stereocenters. The summed E-state index contributed by atoms with van der Waals surface area (Å²) in [6, 6.07) is 3.96. The Bertz CT molecular complexity index is 708. The number of aldehydes is 1. The maximum Gasteiger partial charge on any atom is 0.249 e. The fourth-order valence-electron chi connectivity index (χ4n) is 1.94. The lowest BCUT2D eigenvalue weighted by molar-refractivity contribution is 0.0999. The van der Waals surface area contributed by atoms with E-state index in [-0.39, 0.29) is 34.1 Å². The van der Waals surface area contributed by atoms with Crippen LogP contribution in [0.25, 0.3) is 11.3 Å². The molecule has 2 rings (SSSR count). The van der Waals surface area contributed by atoms with Crippen LogP contribution in [0.3, 0.4) is 0 Å². The number of carbonyl (C=O) groups is 2. The van der Waals surface area contributed by atoms with Crippen LogP contribution in [-0.2, 0) is 0 Å². The van der Waals surface area contributed by atoms with Crippen molar-refractivity contribution in [2.24, 2.45) is 5.73 Å². The van der Waals surface area contributed by atoms with Gasteiger partial charge in [-0.25, -0.2) is 4.39 Å². The predicted octanol–water partition coefficient (Wildman–Crippen LogP) is 2.01. The van der Waals surface area contributed by atoms with Gasteiger partial charge in [0.25, 0.3) is 0 Å². The van der Waals surface area contributed by atoms with Crippen LogP contribution in [0.4, 0.5) is 4.39 Å². The Kier molecular flexibility index (Phi) is 3.93. The third-order valence-electron chi connectivity index (χ3n) is 2.87. The number of nitrogens with two attached hydrogens (primary N) is 1. The molecule has 1 amide bonds. The second kappa shape index (κ2) is 5.66. The van der Waals surface area contributed by atoms with Crippen molar-refractivity contribution in [2.45, 2.75) is 0 Å². The largest absolute Gasteiger partial charge is 0.493 e. The molecule has 0 unspecified atom stereocenters. The van der Waals surface area contributed by atoms with E-state index in [1.54, 1.807) is 0 Å². The van der Waals surface area contributed by atoms with Gasteiger partial charge >= 0.3 is 0 Å². The summed E-state index contributed by atoms with van der Waals surface area (Å²) in [7, 11) is 2.56. The highest BCUT2D eigenvalue weighted by atomic mass is 19.1. The number of halogens is 1. The highest BCUT2D eigenvalue weighted by molar-refractivity contribution is 6.00. The molecular formula is C14H12FNO5. The summed E-state index contributed by atoms with van der Waals surface area (Å²) in [5, 5.41) is 0. The first kappa shape index (κ1) is 14.6. The molecule has 1 aromatic carbocycles. The van der Waals surface area contributed by atoms with Crippen molar-refractivity contribution < 1.29 is 27.9 Å². The fourth-order valence-corrected chi connectivity index (χ4v) is 1.94. The van der Waals surface area contributed by atoms with E-state index in [4.69, 9.17) is 19.6 Å². The Morgan fingerprint density at radius 3 is 2.52 bits per heavy atom. The Hall–Kier alpha value is -2.83. The first-order valence-electron chi connectivity index (χ1n) is 5.83. The smallest absolute Gasteiger partial charge is 0.249 e. The number of ether oxygens (including phenoxy) is 2. The second-order valence-corrected chi connectivity index (χ2v) is 4.03. The lowest BCUT2D eigenvalue weighted by atomic mass is 10.0. The van der Waals surface area contributed by atoms with Gasteiger partial charge < -0.3 is 19.6 Å². The molecule has 21 heavy (non-hydrogen) atoms. The normalized spacial score (nSPS) is 10.2. The molecule has 2 N–H and O–H groups in total. The van der Waals surface area contributed by atoms with Crippen LogP contribution in [0.2, 0.25) is 0 Å². The van der Waals surface area contributed by atoms with Gasteiger partial charge in [-0.2, -0.15) is 0 Å². The summed E-state index contributed by atoms with van der Waals surface area (Å²) in [5.74, 6) is -1.92. The van der Waals surface area contributed by atoms with Crippen LogP contribution in [0.15, 0.2) is 22.6 Å². The SMILES string of the molecule is COc1cc(C(N)=O)c(-c2ccc(C=O)o2)c(F)c1OC. The summed E-state index contributed by atoms with van der Waals surface area (Å²) in [5.41, 5.74) is 4.93. The van der Waals surface area contributed by atoms with E-state index in [0.717, 1.165) is 0 Å². The zero-order chi connectivity index (χ0) is 15.6. The summed E-state index contributed by atoms with van der Waals surface area (Å²) in [6.45, 7) is 0. The van der Waals surface area contributed by atoms with Crippen LogP contribution in [0.1, 0.15) is 20.9 Å². The van der Waals surface area contributed by atoms with Gasteiger partial charge in [0.05, 0.1) is 25.3 Å². The van der Waals surface area contributed by atoms with Gasteiger partial charge in [-0.3, -0.25) is 9.59 Å². The van der Waals surface area contributed by atoms with Crippen LogP contribution >= 0.6 is 0 Å². The molecule has 1 aromatic heterocycles. The van der Waals surface area contributed by atoms with Crippen LogP contribution < -0.4 is 15.2 Å². The monoisotopic (exact) mass is 293 g/mol. The van der Waals surface area contributed by atoms with Crippen LogP contribution in [0, 0.1) is 5.82 Å². The molecule has 0 aliphatic heterocycles. The molecule has 0 radical (unpaired) electrons. The Morgan fingerprint density at radius 2 is 2.05 bits per heavy atom. The van der Waals surface area contributed by atoms with Gasteiger partial charge in [0.2, 0.25) is 5.91 Å². The molecule has 2 aromatic rings. The summed E-state index contributed by atoms with van der Waals surface area (Å²) >= 11 is 0. The van der Waals surface area contributed by atoms with Crippen molar-refractivity contribution in [3.05, 3.63) is 35.3 Å². The Balaban J connectivity index is 2.78. The maximum atomic E-state index is 14.6. The zero-order valence-electron chi connectivity index (χ0n) is 11.3. The molecule has 0 aliphatic rings. The van der Waals surface area contributed by atoms with Crippen molar-refractivity contribution in [2.75, 3.05) is 14.2 Å². The van der Waals surface area contributed by atoms with Gasteiger partial charge in [-0.15, -0.1) is 0 Å². The molecule has 0 saturated carbocycles. The van der Waals surface area contributed by atoms with Gasteiger partial charge in [0.1, 0.15) is 5.76 Å². The molecule has 0 bridgehead atoms. The molecule has 7 heteroatoms. The number of hydrogen-bond donors (Lipinski definition) is 1. The van der Waals surface area contributed by atoms with E-state index in [1.165, 1.54) is 32.4 Å². The number of carbonyl (C=O) groups excluding carboxylic acids is 2. The summed E-state index contributed by atoms with van der Waals surface area (Å²) in [4.78, 5) is 22.2. The van der Waals surface area contributed by atoms with Crippen molar-refractivity contribution in [3.8, 4) is 22.8 Å². The number of hydrogen-bond acceptors (Lipinski definition) is 5. The van der Waals surface area contributed by atoms with Crippen molar-refractivity contribution in [1.29, 1.82) is 0 Å². The predicted molar refractivity (Wildman–Crippen MR) is 71.1 cm³/mol. The quantitative estimate of drug-likeness (QED) is 0.851. The number of amides is 1. The van der Waals surface area contributed by atoms with Crippen molar-refractivity contribution in [1.82, 2.24) is 0 Å². The van der Waals surface area contributed by atoms with Gasteiger partial charge in [0.15, 0.2) is 29.4 Å².